The van der Waals surface area contributed by atoms with E-state index in [0.29, 0.717) is 0 Å². The van der Waals surface area contributed by atoms with Crippen molar-refractivity contribution < 1.29 is 0 Å². The lowest BCUT2D eigenvalue weighted by molar-refractivity contribution is 0.263. The van der Waals surface area contributed by atoms with Crippen LogP contribution < -0.4 is 5.32 Å². The zero-order valence-electron chi connectivity index (χ0n) is 12.1. The summed E-state index contributed by atoms with van der Waals surface area (Å²) in [6.45, 7) is 11.8. The minimum absolute atomic E-state index is 0.914. The molecule has 18 heavy (non-hydrogen) atoms. The highest BCUT2D eigenvalue weighted by Gasteiger charge is 2.04. The molecule has 1 rings (SSSR count). The molecule has 0 radical (unpaired) electrons. The summed E-state index contributed by atoms with van der Waals surface area (Å²) in [5.74, 6) is 0. The second-order valence-corrected chi connectivity index (χ2v) is 4.71. The van der Waals surface area contributed by atoms with Gasteiger partial charge in [-0.15, -0.1) is 0 Å². The molecule has 3 heteroatoms. The van der Waals surface area contributed by atoms with Crippen LogP contribution in [0.25, 0.3) is 0 Å². The molecule has 3 nitrogen and oxygen atoms in total. The minimum Gasteiger partial charge on any atom is -0.313 e. The van der Waals surface area contributed by atoms with Crippen molar-refractivity contribution >= 4 is 0 Å². The van der Waals surface area contributed by atoms with E-state index in [1.807, 2.05) is 6.20 Å². The normalized spacial score (nSPS) is 11.1. The van der Waals surface area contributed by atoms with Crippen molar-refractivity contribution in [3.63, 3.8) is 0 Å². The van der Waals surface area contributed by atoms with Crippen LogP contribution in [0.4, 0.5) is 0 Å². The molecule has 0 aliphatic carbocycles. The summed E-state index contributed by atoms with van der Waals surface area (Å²) in [6.07, 6.45) is 4.41. The van der Waals surface area contributed by atoms with Crippen LogP contribution in [0.3, 0.4) is 0 Å². The number of hydrogen-bond acceptors (Lipinski definition) is 3. The summed E-state index contributed by atoms with van der Waals surface area (Å²) in [7, 11) is 0. The molecule has 0 fully saturated rings. The number of nitrogens with one attached hydrogen (secondary N) is 1. The van der Waals surface area contributed by atoms with Crippen molar-refractivity contribution in [1.82, 2.24) is 15.2 Å². The highest BCUT2D eigenvalue weighted by Crippen LogP contribution is 2.05. The van der Waals surface area contributed by atoms with Gasteiger partial charge in [-0.1, -0.05) is 26.8 Å². The largest absolute Gasteiger partial charge is 0.313 e. The van der Waals surface area contributed by atoms with E-state index >= 15 is 0 Å². The first-order chi connectivity index (χ1) is 8.80. The first kappa shape index (κ1) is 15.1. The second kappa shape index (κ2) is 9.06. The van der Waals surface area contributed by atoms with Crippen molar-refractivity contribution in [3.8, 4) is 0 Å². The molecule has 0 atom stereocenters. The predicted molar refractivity (Wildman–Crippen MR) is 77.5 cm³/mol. The summed E-state index contributed by atoms with van der Waals surface area (Å²) >= 11 is 0. The Kier molecular flexibility index (Phi) is 7.62. The third kappa shape index (κ3) is 5.61. The summed E-state index contributed by atoms with van der Waals surface area (Å²) in [5, 5.41) is 3.31. The monoisotopic (exact) mass is 249 g/mol. The van der Waals surface area contributed by atoms with Crippen molar-refractivity contribution in [2.45, 2.75) is 46.7 Å². The molecule has 0 aliphatic rings. The van der Waals surface area contributed by atoms with Crippen LogP contribution in [0.1, 0.15) is 44.9 Å². The van der Waals surface area contributed by atoms with Gasteiger partial charge in [0.05, 0.1) is 5.69 Å². The Bertz CT molecular complexity index is 302. The molecule has 1 aromatic heterocycles. The summed E-state index contributed by atoms with van der Waals surface area (Å²) in [4.78, 5) is 7.03. The van der Waals surface area contributed by atoms with Crippen LogP contribution in [0.2, 0.25) is 0 Å². The summed E-state index contributed by atoms with van der Waals surface area (Å²) < 4.78 is 0. The van der Waals surface area contributed by atoms with Gasteiger partial charge in [0.2, 0.25) is 0 Å². The van der Waals surface area contributed by atoms with E-state index in [0.717, 1.165) is 32.7 Å². The lowest BCUT2D eigenvalue weighted by Gasteiger charge is -2.20. The van der Waals surface area contributed by atoms with E-state index in [9.17, 15) is 0 Å². The fraction of sp³-hybridized carbons (Fsp3) is 0.667. The number of hydrogen-bond donors (Lipinski definition) is 1. The van der Waals surface area contributed by atoms with Crippen molar-refractivity contribution in [1.29, 1.82) is 0 Å². The van der Waals surface area contributed by atoms with E-state index in [1.54, 1.807) is 0 Å². The SMILES string of the molecule is CCCN(CCC)Cc1ccc(CNCC)cn1. The molecule has 1 aromatic rings. The fourth-order valence-electron chi connectivity index (χ4n) is 2.05. The molecule has 0 aromatic carbocycles. The lowest BCUT2D eigenvalue weighted by Crippen LogP contribution is -2.25. The molecule has 1 N–H and O–H groups in total. The predicted octanol–water partition coefficient (Wildman–Crippen LogP) is 2.81. The van der Waals surface area contributed by atoms with Gasteiger partial charge in [0.25, 0.3) is 0 Å². The molecule has 0 bridgehead atoms. The highest BCUT2D eigenvalue weighted by molar-refractivity contribution is 5.13. The van der Waals surface area contributed by atoms with Gasteiger partial charge in [0.15, 0.2) is 0 Å². The highest BCUT2D eigenvalue weighted by atomic mass is 15.1. The molecular formula is C15H27N3. The first-order valence-electron chi connectivity index (χ1n) is 7.17. The standard InChI is InChI=1S/C15H27N3/c1-4-9-18(10-5-2)13-15-8-7-14(12-17-15)11-16-6-3/h7-8,12,16H,4-6,9-11,13H2,1-3H3. The third-order valence-corrected chi connectivity index (χ3v) is 2.93. The zero-order chi connectivity index (χ0) is 13.2. The van der Waals surface area contributed by atoms with Gasteiger partial charge in [-0.2, -0.15) is 0 Å². The van der Waals surface area contributed by atoms with Gasteiger partial charge in [0.1, 0.15) is 0 Å². The van der Waals surface area contributed by atoms with E-state index in [1.165, 1.54) is 24.1 Å². The average Bonchev–Trinajstić information content (AvgIpc) is 2.38. The quantitative estimate of drug-likeness (QED) is 0.729. The maximum Gasteiger partial charge on any atom is 0.0544 e. The summed E-state index contributed by atoms with van der Waals surface area (Å²) in [5.41, 5.74) is 2.44. The van der Waals surface area contributed by atoms with Crippen LogP contribution >= 0.6 is 0 Å². The molecule has 1 heterocycles. The number of aromatic nitrogens is 1. The van der Waals surface area contributed by atoms with E-state index in [2.05, 4.69) is 48.1 Å². The molecule has 0 unspecified atom stereocenters. The lowest BCUT2D eigenvalue weighted by atomic mass is 10.2. The maximum atomic E-state index is 4.55. The fourth-order valence-corrected chi connectivity index (χ4v) is 2.05. The Morgan fingerprint density at radius 1 is 1.11 bits per heavy atom. The van der Waals surface area contributed by atoms with Crippen LogP contribution in [-0.2, 0) is 13.1 Å². The molecule has 0 amide bonds. The third-order valence-electron chi connectivity index (χ3n) is 2.93. The maximum absolute atomic E-state index is 4.55. The van der Waals surface area contributed by atoms with E-state index in [4.69, 9.17) is 0 Å². The minimum atomic E-state index is 0.914. The Labute approximate surface area is 112 Å². The molecule has 0 saturated heterocycles. The van der Waals surface area contributed by atoms with Gasteiger partial charge in [-0.3, -0.25) is 9.88 Å². The molecule has 0 spiro atoms. The second-order valence-electron chi connectivity index (χ2n) is 4.71. The Morgan fingerprint density at radius 2 is 1.83 bits per heavy atom. The van der Waals surface area contributed by atoms with Gasteiger partial charge < -0.3 is 5.32 Å². The van der Waals surface area contributed by atoms with Gasteiger partial charge in [0, 0.05) is 19.3 Å². The van der Waals surface area contributed by atoms with Gasteiger partial charge in [-0.25, -0.2) is 0 Å². The number of nitrogens with zero attached hydrogens (tertiary/aromatic N) is 2. The first-order valence-corrected chi connectivity index (χ1v) is 7.17. The molecule has 0 aliphatic heterocycles. The summed E-state index contributed by atoms with van der Waals surface area (Å²) in [6, 6.07) is 4.34. The molecule has 0 saturated carbocycles. The number of pyridine rings is 1. The van der Waals surface area contributed by atoms with Crippen molar-refractivity contribution in [3.05, 3.63) is 29.6 Å². The molecular weight excluding hydrogens is 222 g/mol. The zero-order valence-corrected chi connectivity index (χ0v) is 12.1. The number of rotatable bonds is 9. The van der Waals surface area contributed by atoms with Crippen LogP contribution in [0, 0.1) is 0 Å². The Hall–Kier alpha value is -0.930. The smallest absolute Gasteiger partial charge is 0.0544 e. The topological polar surface area (TPSA) is 28.2 Å². The van der Waals surface area contributed by atoms with Crippen molar-refractivity contribution in [2.24, 2.45) is 0 Å². The van der Waals surface area contributed by atoms with E-state index in [-0.39, 0.29) is 0 Å². The Morgan fingerprint density at radius 3 is 2.33 bits per heavy atom. The van der Waals surface area contributed by atoms with Gasteiger partial charge >= 0.3 is 0 Å². The Balaban J connectivity index is 2.50. The van der Waals surface area contributed by atoms with Crippen molar-refractivity contribution in [2.75, 3.05) is 19.6 Å². The average molecular weight is 249 g/mol. The van der Waals surface area contributed by atoms with Crippen LogP contribution in [0.15, 0.2) is 18.3 Å². The van der Waals surface area contributed by atoms with Crippen LogP contribution in [0.5, 0.6) is 0 Å². The van der Waals surface area contributed by atoms with Crippen LogP contribution in [-0.4, -0.2) is 29.5 Å². The van der Waals surface area contributed by atoms with Gasteiger partial charge in [-0.05, 0) is 44.1 Å². The molecule has 102 valence electrons. The van der Waals surface area contributed by atoms with E-state index < -0.39 is 0 Å².